The van der Waals surface area contributed by atoms with Crippen molar-refractivity contribution in [3.63, 3.8) is 0 Å². The van der Waals surface area contributed by atoms with E-state index in [1.54, 1.807) is 12.4 Å². The van der Waals surface area contributed by atoms with Gasteiger partial charge in [-0.15, -0.1) is 0 Å². The summed E-state index contributed by atoms with van der Waals surface area (Å²) in [5, 5.41) is 12.3. The molecule has 0 atom stereocenters. The Hall–Kier alpha value is -4.52. The second-order valence-corrected chi connectivity index (χ2v) is 8.96. The number of nitrogens with one attached hydrogen (secondary N) is 1. The molecule has 0 saturated heterocycles. The minimum absolute atomic E-state index is 0.236. The van der Waals surface area contributed by atoms with E-state index in [1.165, 1.54) is 11.1 Å². The van der Waals surface area contributed by atoms with Crippen molar-refractivity contribution in [1.82, 2.24) is 24.5 Å². The number of anilines is 1. The van der Waals surface area contributed by atoms with Gasteiger partial charge in [0.2, 0.25) is 0 Å². The number of pyridine rings is 1. The molecule has 0 spiro atoms. The molecule has 1 N–H and O–H groups in total. The molecule has 7 nitrogen and oxygen atoms in total. The van der Waals surface area contributed by atoms with Gasteiger partial charge in [-0.2, -0.15) is 10.2 Å². The number of benzene rings is 2. The van der Waals surface area contributed by atoms with Gasteiger partial charge in [-0.1, -0.05) is 59.7 Å². The molecule has 0 aliphatic rings. The number of carbonyl (C=O) groups excluding carboxylic acids is 1. The van der Waals surface area contributed by atoms with Crippen LogP contribution in [0.2, 0.25) is 0 Å². The summed E-state index contributed by atoms with van der Waals surface area (Å²) in [5.74, 6) is 0.274. The Bertz CT molecular complexity index is 1450. The summed E-state index contributed by atoms with van der Waals surface area (Å²) in [4.78, 5) is 17.4. The highest BCUT2D eigenvalue weighted by atomic mass is 16.1. The van der Waals surface area contributed by atoms with Crippen LogP contribution in [0.4, 0.5) is 5.82 Å². The summed E-state index contributed by atoms with van der Waals surface area (Å²) in [6, 6.07) is 22.2. The monoisotopic (exact) mass is 476 g/mol. The van der Waals surface area contributed by atoms with Crippen molar-refractivity contribution in [2.24, 2.45) is 0 Å². The second kappa shape index (κ2) is 10.4. The lowest BCUT2D eigenvalue weighted by Gasteiger charge is -2.04. The van der Waals surface area contributed by atoms with Crippen LogP contribution in [-0.2, 0) is 19.5 Å². The molecule has 0 bridgehead atoms. The molecule has 3 aromatic heterocycles. The third-order valence-corrected chi connectivity index (χ3v) is 6.06. The van der Waals surface area contributed by atoms with E-state index in [1.807, 2.05) is 71.1 Å². The summed E-state index contributed by atoms with van der Waals surface area (Å²) in [6.07, 6.45) is 8.09. The fourth-order valence-corrected chi connectivity index (χ4v) is 4.00. The molecule has 2 aromatic carbocycles. The zero-order valence-electron chi connectivity index (χ0n) is 20.4. The number of nitrogens with zero attached hydrogens (tertiary/aromatic N) is 5. The molecule has 0 unspecified atom stereocenters. The molecule has 7 heteroatoms. The van der Waals surface area contributed by atoms with Crippen LogP contribution >= 0.6 is 0 Å². The molecule has 0 saturated carbocycles. The SMILES string of the molecule is Cc1ccc(Cn2cc(C(=O)Nc3ccn(CCc4ccncc4)n3)c(-c3ccc(C)cc3)n2)cc1. The summed E-state index contributed by atoms with van der Waals surface area (Å²) < 4.78 is 3.65. The van der Waals surface area contributed by atoms with Crippen molar-refractivity contribution in [1.29, 1.82) is 0 Å². The number of amides is 1. The molecule has 180 valence electrons. The van der Waals surface area contributed by atoms with Gasteiger partial charge in [0.05, 0.1) is 12.1 Å². The first-order valence-corrected chi connectivity index (χ1v) is 12.0. The van der Waals surface area contributed by atoms with Crippen LogP contribution in [0.15, 0.2) is 91.5 Å². The summed E-state index contributed by atoms with van der Waals surface area (Å²) >= 11 is 0. The molecule has 1 amide bonds. The van der Waals surface area contributed by atoms with Gasteiger partial charge >= 0.3 is 0 Å². The number of aromatic nitrogens is 5. The molecule has 5 rings (SSSR count). The average molecular weight is 477 g/mol. The second-order valence-electron chi connectivity index (χ2n) is 8.96. The number of rotatable bonds is 8. The Morgan fingerprint density at radius 2 is 1.50 bits per heavy atom. The molecule has 0 fully saturated rings. The summed E-state index contributed by atoms with van der Waals surface area (Å²) in [7, 11) is 0. The molecular weight excluding hydrogens is 448 g/mol. The van der Waals surface area contributed by atoms with E-state index in [4.69, 9.17) is 5.10 Å². The maximum Gasteiger partial charge on any atom is 0.260 e. The zero-order valence-corrected chi connectivity index (χ0v) is 20.4. The van der Waals surface area contributed by atoms with E-state index in [9.17, 15) is 4.79 Å². The number of hydrogen-bond acceptors (Lipinski definition) is 4. The van der Waals surface area contributed by atoms with Crippen LogP contribution in [0, 0.1) is 13.8 Å². The predicted octanol–water partition coefficient (Wildman–Crippen LogP) is 5.30. The van der Waals surface area contributed by atoms with Crippen LogP contribution < -0.4 is 5.32 Å². The molecule has 5 aromatic rings. The summed E-state index contributed by atoms with van der Waals surface area (Å²) in [6.45, 7) is 5.40. The zero-order chi connectivity index (χ0) is 24.9. The first-order valence-electron chi connectivity index (χ1n) is 12.0. The van der Waals surface area contributed by atoms with Gasteiger partial charge in [0.1, 0.15) is 5.69 Å². The third-order valence-electron chi connectivity index (χ3n) is 6.06. The standard InChI is InChI=1S/C29H28N6O/c1-21-3-7-24(8-4-21)19-35-20-26(28(33-35)25-9-5-22(2)6-10-25)29(36)31-27-14-18-34(32-27)17-13-23-11-15-30-16-12-23/h3-12,14-16,18,20H,13,17,19H2,1-2H3,(H,31,32,36). The quantitative estimate of drug-likeness (QED) is 0.330. The fourth-order valence-electron chi connectivity index (χ4n) is 4.00. The Kier molecular flexibility index (Phi) is 6.71. The lowest BCUT2D eigenvalue weighted by Crippen LogP contribution is -2.13. The van der Waals surface area contributed by atoms with Gasteiger partial charge in [-0.05, 0) is 43.5 Å². The van der Waals surface area contributed by atoms with Crippen LogP contribution in [0.3, 0.4) is 0 Å². The van der Waals surface area contributed by atoms with E-state index in [2.05, 4.69) is 46.6 Å². The van der Waals surface area contributed by atoms with Gasteiger partial charge in [-0.3, -0.25) is 19.1 Å². The van der Waals surface area contributed by atoms with Crippen LogP contribution in [-0.4, -0.2) is 30.5 Å². The van der Waals surface area contributed by atoms with Crippen molar-refractivity contribution in [3.8, 4) is 11.3 Å². The van der Waals surface area contributed by atoms with Crippen molar-refractivity contribution in [3.05, 3.63) is 119 Å². The van der Waals surface area contributed by atoms with E-state index in [0.29, 0.717) is 30.2 Å². The maximum atomic E-state index is 13.4. The first-order chi connectivity index (χ1) is 17.5. The lowest BCUT2D eigenvalue weighted by atomic mass is 10.1. The Balaban J connectivity index is 1.35. The van der Waals surface area contributed by atoms with E-state index in [-0.39, 0.29) is 5.91 Å². The summed E-state index contributed by atoms with van der Waals surface area (Å²) in [5.41, 5.74) is 6.74. The molecule has 36 heavy (non-hydrogen) atoms. The van der Waals surface area contributed by atoms with E-state index >= 15 is 0 Å². The maximum absolute atomic E-state index is 13.4. The van der Waals surface area contributed by atoms with E-state index < -0.39 is 0 Å². The average Bonchev–Trinajstić information content (AvgIpc) is 3.52. The van der Waals surface area contributed by atoms with Gasteiger partial charge in [0.25, 0.3) is 5.91 Å². The Morgan fingerprint density at radius 1 is 0.806 bits per heavy atom. The van der Waals surface area contributed by atoms with E-state index in [0.717, 1.165) is 23.1 Å². The number of hydrogen-bond donors (Lipinski definition) is 1. The minimum Gasteiger partial charge on any atom is -0.305 e. The van der Waals surface area contributed by atoms with Gasteiger partial charge in [-0.25, -0.2) is 0 Å². The highest BCUT2D eigenvalue weighted by Crippen LogP contribution is 2.24. The molecule has 0 aliphatic carbocycles. The predicted molar refractivity (Wildman–Crippen MR) is 141 cm³/mol. The van der Waals surface area contributed by atoms with Gasteiger partial charge in [0, 0.05) is 43.0 Å². The minimum atomic E-state index is -0.236. The molecular formula is C29H28N6O. The first kappa shape index (κ1) is 23.2. The van der Waals surface area contributed by atoms with Crippen molar-refractivity contribution < 1.29 is 4.79 Å². The molecule has 0 radical (unpaired) electrons. The van der Waals surface area contributed by atoms with Crippen molar-refractivity contribution in [2.75, 3.05) is 5.32 Å². The Morgan fingerprint density at radius 3 is 2.22 bits per heavy atom. The topological polar surface area (TPSA) is 77.6 Å². The van der Waals surface area contributed by atoms with Gasteiger partial charge < -0.3 is 5.32 Å². The lowest BCUT2D eigenvalue weighted by molar-refractivity contribution is 0.102. The smallest absolute Gasteiger partial charge is 0.260 e. The third kappa shape index (κ3) is 5.58. The van der Waals surface area contributed by atoms with Crippen LogP contribution in [0.5, 0.6) is 0 Å². The number of carbonyl (C=O) groups is 1. The highest BCUT2D eigenvalue weighted by Gasteiger charge is 2.19. The van der Waals surface area contributed by atoms with Crippen molar-refractivity contribution >= 4 is 11.7 Å². The van der Waals surface area contributed by atoms with Crippen LogP contribution in [0.25, 0.3) is 11.3 Å². The Labute approximate surface area is 210 Å². The highest BCUT2D eigenvalue weighted by molar-refractivity contribution is 6.07. The largest absolute Gasteiger partial charge is 0.305 e. The number of aryl methyl sites for hydroxylation is 4. The van der Waals surface area contributed by atoms with Crippen LogP contribution in [0.1, 0.15) is 32.6 Å². The van der Waals surface area contributed by atoms with Crippen molar-refractivity contribution in [2.45, 2.75) is 33.4 Å². The normalized spacial score (nSPS) is 10.9. The molecule has 0 aliphatic heterocycles. The fraction of sp³-hybridized carbons (Fsp3) is 0.172. The molecule has 3 heterocycles. The van der Waals surface area contributed by atoms with Gasteiger partial charge in [0.15, 0.2) is 5.82 Å².